The van der Waals surface area contributed by atoms with E-state index < -0.39 is 0 Å². The molecule has 0 fully saturated rings. The van der Waals surface area contributed by atoms with Gasteiger partial charge in [-0.15, -0.1) is 0 Å². The number of carbonyl (C=O) groups excluding carboxylic acids is 1. The third-order valence-corrected chi connectivity index (χ3v) is 5.14. The molecule has 0 saturated heterocycles. The third-order valence-electron chi connectivity index (χ3n) is 5.14. The van der Waals surface area contributed by atoms with E-state index in [1.54, 1.807) is 25.0 Å². The SMILES string of the molecule is COc1ccc(-c2nn(-c3ccccc3)cc2C=CC(=O)NCc2ccccc2)cc1OC. The number of hydrogen-bond donors (Lipinski definition) is 1. The number of nitrogens with zero attached hydrogens (tertiary/aromatic N) is 2. The average molecular weight is 440 g/mol. The molecule has 33 heavy (non-hydrogen) atoms. The minimum Gasteiger partial charge on any atom is -0.493 e. The summed E-state index contributed by atoms with van der Waals surface area (Å²) in [6.45, 7) is 0.468. The van der Waals surface area contributed by atoms with Gasteiger partial charge >= 0.3 is 0 Å². The van der Waals surface area contributed by atoms with Crippen molar-refractivity contribution < 1.29 is 14.3 Å². The number of nitrogens with one attached hydrogen (secondary N) is 1. The van der Waals surface area contributed by atoms with Crippen LogP contribution < -0.4 is 14.8 Å². The second-order valence-corrected chi connectivity index (χ2v) is 7.32. The molecule has 0 aliphatic rings. The van der Waals surface area contributed by atoms with Gasteiger partial charge in [0.2, 0.25) is 5.91 Å². The molecule has 4 rings (SSSR count). The van der Waals surface area contributed by atoms with Crippen molar-refractivity contribution in [3.05, 3.63) is 102 Å². The Labute approximate surface area is 193 Å². The van der Waals surface area contributed by atoms with Crippen molar-refractivity contribution in [1.82, 2.24) is 15.1 Å². The van der Waals surface area contributed by atoms with Crippen LogP contribution in [0.15, 0.2) is 91.1 Å². The summed E-state index contributed by atoms with van der Waals surface area (Å²) in [5.41, 5.74) is 4.36. The lowest BCUT2D eigenvalue weighted by Gasteiger charge is -2.09. The summed E-state index contributed by atoms with van der Waals surface area (Å²) < 4.78 is 12.6. The van der Waals surface area contributed by atoms with E-state index in [4.69, 9.17) is 14.6 Å². The van der Waals surface area contributed by atoms with Crippen molar-refractivity contribution in [1.29, 1.82) is 0 Å². The summed E-state index contributed by atoms with van der Waals surface area (Å²) >= 11 is 0. The van der Waals surface area contributed by atoms with E-state index in [2.05, 4.69) is 5.32 Å². The number of benzene rings is 3. The van der Waals surface area contributed by atoms with Gasteiger partial charge in [0.15, 0.2) is 11.5 Å². The Bertz CT molecular complexity index is 1250. The van der Waals surface area contributed by atoms with E-state index in [1.807, 2.05) is 85.1 Å². The maximum absolute atomic E-state index is 12.4. The van der Waals surface area contributed by atoms with Crippen LogP contribution in [-0.4, -0.2) is 29.9 Å². The summed E-state index contributed by atoms with van der Waals surface area (Å²) in [6.07, 6.45) is 5.21. The van der Waals surface area contributed by atoms with Crippen molar-refractivity contribution in [3.8, 4) is 28.4 Å². The van der Waals surface area contributed by atoms with Gasteiger partial charge in [-0.3, -0.25) is 4.79 Å². The van der Waals surface area contributed by atoms with E-state index in [0.717, 1.165) is 28.1 Å². The first kappa shape index (κ1) is 21.9. The Morgan fingerprint density at radius 1 is 0.939 bits per heavy atom. The van der Waals surface area contributed by atoms with Gasteiger partial charge in [-0.25, -0.2) is 4.68 Å². The Kier molecular flexibility index (Phi) is 6.85. The molecule has 0 unspecified atom stereocenters. The van der Waals surface area contributed by atoms with Crippen LogP contribution >= 0.6 is 0 Å². The molecule has 3 aromatic carbocycles. The topological polar surface area (TPSA) is 65.4 Å². The maximum atomic E-state index is 12.4. The molecular weight excluding hydrogens is 414 g/mol. The summed E-state index contributed by atoms with van der Waals surface area (Å²) in [4.78, 5) is 12.4. The van der Waals surface area contributed by atoms with E-state index in [9.17, 15) is 4.79 Å². The second-order valence-electron chi connectivity index (χ2n) is 7.32. The number of ether oxygens (including phenoxy) is 2. The molecule has 6 nitrogen and oxygen atoms in total. The van der Waals surface area contributed by atoms with Crippen molar-refractivity contribution in [3.63, 3.8) is 0 Å². The second kappa shape index (κ2) is 10.3. The molecule has 6 heteroatoms. The summed E-state index contributed by atoms with van der Waals surface area (Å²) in [5, 5.41) is 7.70. The molecule has 0 spiro atoms. The first-order chi connectivity index (χ1) is 16.2. The minimum atomic E-state index is -0.176. The van der Waals surface area contributed by atoms with Crippen molar-refractivity contribution in [2.45, 2.75) is 6.54 Å². The lowest BCUT2D eigenvalue weighted by molar-refractivity contribution is -0.116. The summed E-state index contributed by atoms with van der Waals surface area (Å²) in [6, 6.07) is 25.3. The maximum Gasteiger partial charge on any atom is 0.244 e. The van der Waals surface area contributed by atoms with Crippen molar-refractivity contribution in [2.75, 3.05) is 14.2 Å². The van der Waals surface area contributed by atoms with Crippen LogP contribution in [0.5, 0.6) is 11.5 Å². The summed E-state index contributed by atoms with van der Waals surface area (Å²) in [5.74, 6) is 1.07. The van der Waals surface area contributed by atoms with Crippen LogP contribution in [0.3, 0.4) is 0 Å². The van der Waals surface area contributed by atoms with E-state index in [-0.39, 0.29) is 5.91 Å². The highest BCUT2D eigenvalue weighted by Crippen LogP contribution is 2.33. The fourth-order valence-corrected chi connectivity index (χ4v) is 3.44. The molecule has 1 aromatic heterocycles. The van der Waals surface area contributed by atoms with Crippen molar-refractivity contribution >= 4 is 12.0 Å². The van der Waals surface area contributed by atoms with Gasteiger partial charge in [-0.05, 0) is 42.0 Å². The van der Waals surface area contributed by atoms with Crippen LogP contribution in [0.2, 0.25) is 0 Å². The van der Waals surface area contributed by atoms with E-state index in [1.165, 1.54) is 6.08 Å². The average Bonchev–Trinajstić information content (AvgIpc) is 3.31. The van der Waals surface area contributed by atoms with Gasteiger partial charge in [-0.2, -0.15) is 5.10 Å². The molecule has 0 aliphatic heterocycles. The number of carbonyl (C=O) groups is 1. The van der Waals surface area contributed by atoms with Gasteiger partial charge in [0.05, 0.1) is 19.9 Å². The van der Waals surface area contributed by atoms with E-state index in [0.29, 0.717) is 18.0 Å². The highest BCUT2D eigenvalue weighted by atomic mass is 16.5. The number of para-hydroxylation sites is 1. The molecule has 0 atom stereocenters. The standard InChI is InChI=1S/C27H25N3O3/c1-32-24-15-13-21(17-25(24)33-2)27-22(19-30(29-27)23-11-7-4-8-12-23)14-16-26(31)28-18-20-9-5-3-6-10-20/h3-17,19H,18H2,1-2H3,(H,28,31). The van der Waals surface area contributed by atoms with Gasteiger partial charge in [0.25, 0.3) is 0 Å². The highest BCUT2D eigenvalue weighted by molar-refractivity contribution is 5.92. The molecule has 0 saturated carbocycles. The van der Waals surface area contributed by atoms with Gasteiger partial charge < -0.3 is 14.8 Å². The zero-order valence-corrected chi connectivity index (χ0v) is 18.6. The number of methoxy groups -OCH3 is 2. The molecule has 0 aliphatic carbocycles. The molecular formula is C27H25N3O3. The van der Waals surface area contributed by atoms with Crippen molar-refractivity contribution in [2.24, 2.45) is 0 Å². The quantitative estimate of drug-likeness (QED) is 0.397. The normalized spacial score (nSPS) is 10.8. The Balaban J connectivity index is 1.64. The molecule has 0 radical (unpaired) electrons. The van der Waals surface area contributed by atoms with Crippen LogP contribution in [0.4, 0.5) is 0 Å². The van der Waals surface area contributed by atoms with E-state index >= 15 is 0 Å². The van der Waals surface area contributed by atoms with Crippen LogP contribution in [0.1, 0.15) is 11.1 Å². The van der Waals surface area contributed by atoms with Gasteiger partial charge in [0.1, 0.15) is 5.69 Å². The highest BCUT2D eigenvalue weighted by Gasteiger charge is 2.14. The largest absolute Gasteiger partial charge is 0.493 e. The molecule has 166 valence electrons. The number of hydrogen-bond acceptors (Lipinski definition) is 4. The Hall–Kier alpha value is -4.32. The molecule has 1 heterocycles. The zero-order valence-electron chi connectivity index (χ0n) is 18.6. The molecule has 0 bridgehead atoms. The van der Waals surface area contributed by atoms with Crippen LogP contribution in [0.25, 0.3) is 23.0 Å². The fraction of sp³-hybridized carbons (Fsp3) is 0.111. The first-order valence-electron chi connectivity index (χ1n) is 10.6. The monoisotopic (exact) mass is 439 g/mol. The predicted octanol–water partition coefficient (Wildman–Crippen LogP) is 4.89. The molecule has 1 N–H and O–H groups in total. The summed E-state index contributed by atoms with van der Waals surface area (Å²) in [7, 11) is 3.20. The first-order valence-corrected chi connectivity index (χ1v) is 10.6. The van der Waals surface area contributed by atoms with Gasteiger partial charge in [-0.1, -0.05) is 48.5 Å². The van der Waals surface area contributed by atoms with Crippen LogP contribution in [0, 0.1) is 0 Å². The van der Waals surface area contributed by atoms with Gasteiger partial charge in [0, 0.05) is 29.9 Å². The zero-order chi connectivity index (χ0) is 23.0. The number of aromatic nitrogens is 2. The predicted molar refractivity (Wildman–Crippen MR) is 129 cm³/mol. The molecule has 1 amide bonds. The number of rotatable bonds is 8. The lowest BCUT2D eigenvalue weighted by atomic mass is 10.1. The third kappa shape index (κ3) is 5.30. The molecule has 4 aromatic rings. The Morgan fingerprint density at radius 3 is 2.33 bits per heavy atom. The smallest absolute Gasteiger partial charge is 0.244 e. The minimum absolute atomic E-state index is 0.176. The fourth-order valence-electron chi connectivity index (χ4n) is 3.44. The van der Waals surface area contributed by atoms with Crippen LogP contribution in [-0.2, 0) is 11.3 Å². The number of amides is 1. The lowest BCUT2D eigenvalue weighted by Crippen LogP contribution is -2.20. The Morgan fingerprint density at radius 2 is 1.64 bits per heavy atom.